The minimum Gasteiger partial charge on any atom is -0.444 e. The molecule has 0 aromatic heterocycles. The highest BCUT2D eigenvalue weighted by Crippen LogP contribution is 2.22. The Morgan fingerprint density at radius 1 is 0.974 bits per heavy atom. The van der Waals surface area contributed by atoms with Gasteiger partial charge in [0.25, 0.3) is 11.8 Å². The number of benzene rings is 2. The minimum absolute atomic E-state index is 0.0425. The van der Waals surface area contributed by atoms with Crippen LogP contribution in [0.5, 0.6) is 0 Å². The van der Waals surface area contributed by atoms with Crippen molar-refractivity contribution in [1.82, 2.24) is 16.1 Å². The quantitative estimate of drug-likeness (QED) is 0.184. The van der Waals surface area contributed by atoms with Crippen LogP contribution < -0.4 is 21.8 Å². The van der Waals surface area contributed by atoms with Crippen molar-refractivity contribution in [2.75, 3.05) is 5.73 Å². The van der Waals surface area contributed by atoms with Gasteiger partial charge >= 0.3 is 6.09 Å². The first-order valence-electron chi connectivity index (χ1n) is 11.6. The molecule has 0 aliphatic heterocycles. The summed E-state index contributed by atoms with van der Waals surface area (Å²) in [5.74, 6) is 9.90. The summed E-state index contributed by atoms with van der Waals surface area (Å²) in [6, 6.07) is 13.5. The second kappa shape index (κ2) is 11.8. The maximum Gasteiger partial charge on any atom is 0.412 e. The van der Waals surface area contributed by atoms with Crippen molar-refractivity contribution in [2.24, 2.45) is 0 Å². The van der Waals surface area contributed by atoms with E-state index in [0.29, 0.717) is 11.3 Å². The predicted octanol–water partition coefficient (Wildman–Crippen LogP) is 3.01. The van der Waals surface area contributed by atoms with Gasteiger partial charge in [0.05, 0.1) is 0 Å². The number of alkyl carbamates (subject to hydrolysis) is 1. The van der Waals surface area contributed by atoms with E-state index >= 15 is 0 Å². The van der Waals surface area contributed by atoms with Crippen LogP contribution in [0.2, 0.25) is 0 Å². The lowest BCUT2D eigenvalue weighted by Gasteiger charge is -2.31. The third kappa shape index (κ3) is 7.76. The molecule has 0 saturated heterocycles. The first kappa shape index (κ1) is 27.6. The molecule has 0 radical (unpaired) electrons. The molecule has 9 heteroatoms. The summed E-state index contributed by atoms with van der Waals surface area (Å²) < 4.78 is 5.23. The highest BCUT2D eigenvalue weighted by Gasteiger charge is 2.39. The van der Waals surface area contributed by atoms with Gasteiger partial charge in [-0.3, -0.25) is 20.1 Å². The molecule has 38 heavy (non-hydrogen) atoms. The summed E-state index contributed by atoms with van der Waals surface area (Å²) in [5.41, 5.74) is 7.43. The topological polar surface area (TPSA) is 143 Å². The number of hydrogen-bond acceptors (Lipinski definition) is 6. The van der Waals surface area contributed by atoms with E-state index in [2.05, 4.69) is 34.3 Å². The fourth-order valence-electron chi connectivity index (χ4n) is 3.40. The van der Waals surface area contributed by atoms with Gasteiger partial charge in [-0.2, -0.15) is 0 Å². The van der Waals surface area contributed by atoms with Gasteiger partial charge in [0.2, 0.25) is 0 Å². The molecule has 0 unspecified atom stereocenters. The van der Waals surface area contributed by atoms with Crippen LogP contribution in [-0.2, 0) is 9.53 Å². The number of carbonyl (C=O) groups excluding carboxylic acids is 3. The lowest BCUT2D eigenvalue weighted by atomic mass is 9.88. The summed E-state index contributed by atoms with van der Waals surface area (Å²) in [4.78, 5) is 37.8. The number of anilines is 1. The fraction of sp³-hybridized carbons (Fsp3) is 0.207. The zero-order valence-electron chi connectivity index (χ0n) is 21.2. The number of carbonyl (C=O) groups is 3. The van der Waals surface area contributed by atoms with Gasteiger partial charge in [-0.25, -0.2) is 10.3 Å². The molecule has 3 rings (SSSR count). The van der Waals surface area contributed by atoms with Crippen LogP contribution >= 0.6 is 0 Å². The van der Waals surface area contributed by atoms with Gasteiger partial charge < -0.3 is 15.8 Å². The Morgan fingerprint density at radius 3 is 2.11 bits per heavy atom. The fourth-order valence-corrected chi connectivity index (χ4v) is 3.40. The van der Waals surface area contributed by atoms with E-state index in [9.17, 15) is 19.6 Å². The zero-order chi connectivity index (χ0) is 27.8. The molecule has 9 nitrogen and oxygen atoms in total. The van der Waals surface area contributed by atoms with Crippen LogP contribution in [0.25, 0.3) is 0 Å². The van der Waals surface area contributed by atoms with E-state index in [1.807, 2.05) is 0 Å². The second-order valence-corrected chi connectivity index (χ2v) is 9.40. The third-order valence-electron chi connectivity index (χ3n) is 5.16. The van der Waals surface area contributed by atoms with Crippen LogP contribution in [-0.4, -0.2) is 34.3 Å². The van der Waals surface area contributed by atoms with Crippen LogP contribution in [0.3, 0.4) is 0 Å². The van der Waals surface area contributed by atoms with Gasteiger partial charge in [-0.1, -0.05) is 17.9 Å². The number of rotatable bonds is 4. The first-order chi connectivity index (χ1) is 18.0. The average Bonchev–Trinajstić information content (AvgIpc) is 2.86. The largest absolute Gasteiger partial charge is 0.444 e. The van der Waals surface area contributed by atoms with Gasteiger partial charge in [0.1, 0.15) is 11.1 Å². The Hall–Kier alpha value is -4.99. The molecule has 0 bridgehead atoms. The van der Waals surface area contributed by atoms with Crippen molar-refractivity contribution in [3.8, 4) is 23.7 Å². The highest BCUT2D eigenvalue weighted by molar-refractivity contribution is 6.00. The lowest BCUT2D eigenvalue weighted by Crippen LogP contribution is -2.58. The molecule has 0 saturated carbocycles. The zero-order valence-corrected chi connectivity index (χ0v) is 21.2. The smallest absolute Gasteiger partial charge is 0.412 e. The van der Waals surface area contributed by atoms with Crippen molar-refractivity contribution in [2.45, 2.75) is 38.3 Å². The SMILES string of the molecule is CC(C)(C)OC(=O)NC1=C[C@](NC(=O)c2ccc(C#CC#Cc3ccc(N)cc3)cc2)(C(=O)NO)CC=C1. The van der Waals surface area contributed by atoms with E-state index in [4.69, 9.17) is 10.5 Å². The number of amides is 3. The molecule has 3 amide bonds. The van der Waals surface area contributed by atoms with Crippen molar-refractivity contribution in [3.05, 3.63) is 89.1 Å². The number of nitrogen functional groups attached to an aromatic ring is 1. The summed E-state index contributed by atoms with van der Waals surface area (Å²) in [5, 5.41) is 14.5. The Bertz CT molecular complexity index is 1400. The molecule has 2 aromatic carbocycles. The molecule has 0 heterocycles. The van der Waals surface area contributed by atoms with Gasteiger partial charge in [-0.05, 0) is 93.3 Å². The van der Waals surface area contributed by atoms with E-state index < -0.39 is 29.0 Å². The summed E-state index contributed by atoms with van der Waals surface area (Å²) >= 11 is 0. The Morgan fingerprint density at radius 2 is 1.55 bits per heavy atom. The molecule has 194 valence electrons. The molecular weight excluding hydrogens is 484 g/mol. The molecule has 1 atom stereocenters. The van der Waals surface area contributed by atoms with Gasteiger partial charge in [0.15, 0.2) is 0 Å². The van der Waals surface area contributed by atoms with Crippen molar-refractivity contribution >= 4 is 23.6 Å². The number of allylic oxidation sites excluding steroid dienone is 1. The molecule has 1 aliphatic rings. The highest BCUT2D eigenvalue weighted by atomic mass is 16.6. The van der Waals surface area contributed by atoms with Gasteiger partial charge in [0, 0.05) is 34.5 Å². The number of hydroxylamine groups is 1. The van der Waals surface area contributed by atoms with Crippen LogP contribution in [0.4, 0.5) is 10.5 Å². The van der Waals surface area contributed by atoms with E-state index in [1.54, 1.807) is 86.9 Å². The Kier molecular flexibility index (Phi) is 8.59. The Balaban J connectivity index is 1.72. The summed E-state index contributed by atoms with van der Waals surface area (Å²) in [6.45, 7) is 5.15. The number of ether oxygens (including phenoxy) is 1. The summed E-state index contributed by atoms with van der Waals surface area (Å²) in [6.07, 6.45) is 3.82. The predicted molar refractivity (Wildman–Crippen MR) is 142 cm³/mol. The second-order valence-electron chi connectivity index (χ2n) is 9.40. The average molecular weight is 513 g/mol. The van der Waals surface area contributed by atoms with Crippen LogP contribution in [0.15, 0.2) is 72.5 Å². The van der Waals surface area contributed by atoms with Crippen LogP contribution in [0.1, 0.15) is 48.7 Å². The van der Waals surface area contributed by atoms with Crippen LogP contribution in [0, 0.1) is 23.7 Å². The van der Waals surface area contributed by atoms with Crippen molar-refractivity contribution in [3.63, 3.8) is 0 Å². The Labute approximate surface area is 221 Å². The maximum absolute atomic E-state index is 13.0. The monoisotopic (exact) mass is 512 g/mol. The molecule has 0 fully saturated rings. The van der Waals surface area contributed by atoms with Crippen molar-refractivity contribution in [1.29, 1.82) is 0 Å². The van der Waals surface area contributed by atoms with E-state index in [-0.39, 0.29) is 17.7 Å². The maximum atomic E-state index is 13.0. The van der Waals surface area contributed by atoms with E-state index in [1.165, 1.54) is 6.08 Å². The standard InChI is InChI=1S/C29H28N4O5/c1-28(2,3)38-27(36)31-24-9-6-18-29(19-24,26(35)33-37)32-25(34)22-14-10-20(11-15-22)7-4-5-8-21-12-16-23(30)17-13-21/h6,9-17,19,37H,18,30H2,1-3H3,(H,31,36)(H,32,34)(H,33,35)/t29-/m0/s1. The number of hydrogen-bond donors (Lipinski definition) is 5. The number of nitrogens with one attached hydrogen (secondary N) is 3. The minimum atomic E-state index is -1.65. The van der Waals surface area contributed by atoms with Crippen molar-refractivity contribution < 1.29 is 24.3 Å². The third-order valence-corrected chi connectivity index (χ3v) is 5.16. The molecule has 2 aromatic rings. The molecule has 1 aliphatic carbocycles. The molecular formula is C29H28N4O5. The first-order valence-corrected chi connectivity index (χ1v) is 11.6. The normalized spacial score (nSPS) is 15.9. The molecule has 0 spiro atoms. The summed E-state index contributed by atoms with van der Waals surface area (Å²) in [7, 11) is 0. The molecule has 6 N–H and O–H groups in total. The van der Waals surface area contributed by atoms with Gasteiger partial charge in [-0.15, -0.1) is 0 Å². The van der Waals surface area contributed by atoms with E-state index in [0.717, 1.165) is 5.56 Å². The lowest BCUT2D eigenvalue weighted by molar-refractivity contribution is -0.134. The number of nitrogens with two attached hydrogens (primary N) is 1.